The lowest BCUT2D eigenvalue weighted by atomic mass is 10.00. The number of hydrogen-bond donors (Lipinski definition) is 1. The molecule has 0 bridgehead atoms. The Labute approximate surface area is 142 Å². The molecule has 1 aliphatic rings. The Morgan fingerprint density at radius 3 is 2.50 bits per heavy atom. The smallest absolute Gasteiger partial charge is 0.249 e. The molecule has 0 aromatic heterocycles. The number of imide groups is 1. The van der Waals surface area contributed by atoms with Gasteiger partial charge in [0.25, 0.3) is 0 Å². The Balaban J connectivity index is 2.38. The van der Waals surface area contributed by atoms with Crippen molar-refractivity contribution in [2.75, 3.05) is 23.9 Å². The van der Waals surface area contributed by atoms with E-state index in [1.165, 1.54) is 10.5 Å². The van der Waals surface area contributed by atoms with Gasteiger partial charge in [0.15, 0.2) is 0 Å². The van der Waals surface area contributed by atoms with Crippen LogP contribution in [0.25, 0.3) is 0 Å². The van der Waals surface area contributed by atoms with Crippen LogP contribution >= 0.6 is 0 Å². The summed E-state index contributed by atoms with van der Waals surface area (Å²) in [6, 6.07) is 5.27. The number of carbonyl (C=O) groups excluding carboxylic acids is 3. The van der Waals surface area contributed by atoms with Crippen molar-refractivity contribution in [3.8, 4) is 0 Å². The van der Waals surface area contributed by atoms with E-state index >= 15 is 0 Å². The minimum absolute atomic E-state index is 0.240. The van der Waals surface area contributed by atoms with Crippen molar-refractivity contribution in [1.29, 1.82) is 0 Å². The van der Waals surface area contributed by atoms with Gasteiger partial charge in [-0.3, -0.25) is 19.7 Å². The topological polar surface area (TPSA) is 69.7 Å². The predicted molar refractivity (Wildman–Crippen MR) is 94.0 cm³/mol. The van der Waals surface area contributed by atoms with E-state index in [-0.39, 0.29) is 12.3 Å². The number of piperidine rings is 1. The molecule has 0 radical (unpaired) electrons. The summed E-state index contributed by atoms with van der Waals surface area (Å²) in [4.78, 5) is 38.5. The Hall–Kier alpha value is -2.37. The molecule has 2 rings (SSSR count). The fourth-order valence-corrected chi connectivity index (χ4v) is 2.99. The second-order valence-electron chi connectivity index (χ2n) is 6.80. The summed E-state index contributed by atoms with van der Waals surface area (Å²) in [5.74, 6) is -0.181. The van der Waals surface area contributed by atoms with E-state index in [9.17, 15) is 14.4 Å². The average molecular weight is 331 g/mol. The van der Waals surface area contributed by atoms with Crippen molar-refractivity contribution in [3.63, 3.8) is 0 Å². The van der Waals surface area contributed by atoms with Gasteiger partial charge in [0.05, 0.1) is 11.4 Å². The molecule has 1 fully saturated rings. The first-order chi connectivity index (χ1) is 11.3. The third kappa shape index (κ3) is 3.93. The number of benzene rings is 1. The molecule has 24 heavy (non-hydrogen) atoms. The lowest BCUT2D eigenvalue weighted by Gasteiger charge is -2.32. The van der Waals surface area contributed by atoms with Crippen LogP contribution in [-0.2, 0) is 20.8 Å². The molecule has 1 N–H and O–H groups in total. The quantitative estimate of drug-likeness (QED) is 0.636. The van der Waals surface area contributed by atoms with Crippen molar-refractivity contribution >= 4 is 29.6 Å². The highest BCUT2D eigenvalue weighted by Gasteiger charge is 2.33. The molecule has 1 atom stereocenters. The number of rotatable bonds is 6. The molecule has 1 aromatic carbocycles. The summed E-state index contributed by atoms with van der Waals surface area (Å²) in [5, 5.41) is 2.31. The molecular weight excluding hydrogens is 306 g/mol. The van der Waals surface area contributed by atoms with Crippen LogP contribution in [0.2, 0.25) is 0 Å². The van der Waals surface area contributed by atoms with Crippen LogP contribution in [0.3, 0.4) is 0 Å². The fourth-order valence-electron chi connectivity index (χ4n) is 2.99. The van der Waals surface area contributed by atoms with E-state index in [4.69, 9.17) is 0 Å². The summed E-state index contributed by atoms with van der Waals surface area (Å²) in [6.45, 7) is 4.31. The van der Waals surface area contributed by atoms with Crippen LogP contribution in [0, 0.1) is 5.92 Å². The SMILES string of the molecule is CC(C)Cc1ccc(N(C=O)C2CCC(=O)NC2=O)c(N(C)C)c1. The van der Waals surface area contributed by atoms with Gasteiger partial charge < -0.3 is 9.80 Å². The Morgan fingerprint density at radius 2 is 1.96 bits per heavy atom. The molecule has 0 spiro atoms. The zero-order valence-corrected chi connectivity index (χ0v) is 14.7. The molecule has 1 aliphatic heterocycles. The third-order valence-corrected chi connectivity index (χ3v) is 4.10. The van der Waals surface area contributed by atoms with Gasteiger partial charge in [0.1, 0.15) is 6.04 Å². The van der Waals surface area contributed by atoms with Gasteiger partial charge in [-0.25, -0.2) is 0 Å². The zero-order valence-electron chi connectivity index (χ0n) is 14.7. The van der Waals surface area contributed by atoms with Crippen molar-refractivity contribution in [2.45, 2.75) is 39.2 Å². The third-order valence-electron chi connectivity index (χ3n) is 4.10. The molecule has 1 saturated heterocycles. The maximum atomic E-state index is 12.1. The fraction of sp³-hybridized carbons (Fsp3) is 0.500. The molecule has 6 nitrogen and oxygen atoms in total. The van der Waals surface area contributed by atoms with Crippen molar-refractivity contribution in [1.82, 2.24) is 5.32 Å². The number of amides is 3. The Bertz CT molecular complexity index is 640. The number of anilines is 2. The first-order valence-corrected chi connectivity index (χ1v) is 8.21. The summed E-state index contributed by atoms with van der Waals surface area (Å²) in [7, 11) is 3.82. The Kier molecular flexibility index (Phi) is 5.59. The monoisotopic (exact) mass is 331 g/mol. The largest absolute Gasteiger partial charge is 0.376 e. The lowest BCUT2D eigenvalue weighted by Crippen LogP contribution is -2.52. The van der Waals surface area contributed by atoms with Crippen molar-refractivity contribution in [3.05, 3.63) is 23.8 Å². The van der Waals surface area contributed by atoms with Gasteiger partial charge in [-0.15, -0.1) is 0 Å². The lowest BCUT2D eigenvalue weighted by molar-refractivity contribution is -0.134. The van der Waals surface area contributed by atoms with Gasteiger partial charge in [0, 0.05) is 20.5 Å². The Morgan fingerprint density at radius 1 is 1.25 bits per heavy atom. The molecular formula is C18H25N3O3. The van der Waals surface area contributed by atoms with E-state index in [1.807, 2.05) is 31.1 Å². The van der Waals surface area contributed by atoms with E-state index in [2.05, 4.69) is 25.2 Å². The minimum Gasteiger partial charge on any atom is -0.376 e. The first-order valence-electron chi connectivity index (χ1n) is 8.21. The summed E-state index contributed by atoms with van der Waals surface area (Å²) < 4.78 is 0. The summed E-state index contributed by atoms with van der Waals surface area (Å²) >= 11 is 0. The van der Waals surface area contributed by atoms with Gasteiger partial charge in [0.2, 0.25) is 18.2 Å². The van der Waals surface area contributed by atoms with Crippen LogP contribution in [0.5, 0.6) is 0 Å². The molecule has 1 unspecified atom stereocenters. The zero-order chi connectivity index (χ0) is 17.9. The molecule has 3 amide bonds. The van der Waals surface area contributed by atoms with E-state index < -0.39 is 11.9 Å². The maximum Gasteiger partial charge on any atom is 0.249 e. The molecule has 1 heterocycles. The number of nitrogens with one attached hydrogen (secondary N) is 1. The second kappa shape index (κ2) is 7.47. The summed E-state index contributed by atoms with van der Waals surface area (Å²) in [6.07, 6.45) is 2.19. The minimum atomic E-state index is -0.658. The van der Waals surface area contributed by atoms with Crippen LogP contribution in [-0.4, -0.2) is 38.4 Å². The van der Waals surface area contributed by atoms with Gasteiger partial charge in [-0.2, -0.15) is 0 Å². The highest BCUT2D eigenvalue weighted by atomic mass is 16.2. The van der Waals surface area contributed by atoms with Crippen LogP contribution in [0.15, 0.2) is 18.2 Å². The van der Waals surface area contributed by atoms with Gasteiger partial charge >= 0.3 is 0 Å². The highest BCUT2D eigenvalue weighted by Crippen LogP contribution is 2.32. The summed E-state index contributed by atoms with van der Waals surface area (Å²) in [5.41, 5.74) is 2.74. The van der Waals surface area contributed by atoms with E-state index in [0.29, 0.717) is 24.4 Å². The maximum absolute atomic E-state index is 12.1. The molecule has 1 aromatic rings. The first kappa shape index (κ1) is 18.0. The number of hydrogen-bond acceptors (Lipinski definition) is 4. The molecule has 0 saturated carbocycles. The molecule has 6 heteroatoms. The second-order valence-corrected chi connectivity index (χ2v) is 6.80. The molecule has 0 aliphatic carbocycles. The number of nitrogens with zero attached hydrogens (tertiary/aromatic N) is 2. The van der Waals surface area contributed by atoms with Crippen molar-refractivity contribution < 1.29 is 14.4 Å². The van der Waals surface area contributed by atoms with Gasteiger partial charge in [-0.1, -0.05) is 19.9 Å². The predicted octanol–water partition coefficient (Wildman–Crippen LogP) is 1.72. The van der Waals surface area contributed by atoms with Gasteiger partial charge in [-0.05, 0) is 36.5 Å². The number of carbonyl (C=O) groups is 3. The van der Waals surface area contributed by atoms with Crippen LogP contribution in [0.4, 0.5) is 11.4 Å². The van der Waals surface area contributed by atoms with Crippen molar-refractivity contribution in [2.24, 2.45) is 5.92 Å². The normalized spacial score (nSPS) is 17.6. The standard InChI is InChI=1S/C18H25N3O3/c1-12(2)9-13-5-6-14(16(10-13)20(3)4)21(11-22)15-7-8-17(23)19-18(15)24/h5-6,10-12,15H,7-9H2,1-4H3,(H,19,23,24). The molecule has 130 valence electrons. The van der Waals surface area contributed by atoms with E-state index in [1.54, 1.807) is 0 Å². The average Bonchev–Trinajstić information content (AvgIpc) is 2.50. The van der Waals surface area contributed by atoms with E-state index in [0.717, 1.165) is 12.1 Å². The van der Waals surface area contributed by atoms with Crippen LogP contribution < -0.4 is 15.1 Å². The highest BCUT2D eigenvalue weighted by molar-refractivity contribution is 6.04. The van der Waals surface area contributed by atoms with Crippen LogP contribution in [0.1, 0.15) is 32.3 Å².